The number of nitrogens with one attached hydrogen (secondary N) is 2. The Labute approximate surface area is 142 Å². The van der Waals surface area contributed by atoms with E-state index in [0.29, 0.717) is 5.69 Å². The summed E-state index contributed by atoms with van der Waals surface area (Å²) in [4.78, 5) is 19.4. The van der Waals surface area contributed by atoms with Gasteiger partial charge < -0.3 is 15.4 Å². The zero-order valence-corrected chi connectivity index (χ0v) is 13.7. The number of aliphatic hydroxyl groups excluding tert-OH is 1. The number of benzene rings is 1. The van der Waals surface area contributed by atoms with Crippen LogP contribution in [-0.4, -0.2) is 27.5 Å². The van der Waals surface area contributed by atoms with Gasteiger partial charge in [0.25, 0.3) is 5.91 Å². The van der Waals surface area contributed by atoms with Crippen LogP contribution in [0.1, 0.15) is 27.2 Å². The average molecular weight is 345 g/mol. The van der Waals surface area contributed by atoms with Crippen molar-refractivity contribution >= 4 is 17.2 Å². The van der Waals surface area contributed by atoms with E-state index in [9.17, 15) is 14.3 Å². The summed E-state index contributed by atoms with van der Waals surface area (Å²) in [7, 11) is 0. The van der Waals surface area contributed by atoms with E-state index < -0.39 is 11.9 Å². The maximum atomic E-state index is 13.6. The number of H-pyrrole nitrogens is 1. The average Bonchev–Trinajstić information content (AvgIpc) is 3.21. The van der Waals surface area contributed by atoms with E-state index >= 15 is 0 Å². The molecule has 0 saturated heterocycles. The number of hydrogen-bond donors (Lipinski definition) is 3. The molecule has 2 aromatic heterocycles. The lowest BCUT2D eigenvalue weighted by Crippen LogP contribution is -2.28. The Bertz CT molecular complexity index is 859. The Kier molecular flexibility index (Phi) is 4.73. The second-order valence-corrected chi connectivity index (χ2v) is 6.36. The van der Waals surface area contributed by atoms with E-state index in [1.807, 2.05) is 12.3 Å². The van der Waals surface area contributed by atoms with Crippen molar-refractivity contribution < 1.29 is 14.3 Å². The Morgan fingerprint density at radius 1 is 1.46 bits per heavy atom. The molecule has 0 aliphatic carbocycles. The molecule has 1 atom stereocenters. The van der Waals surface area contributed by atoms with Crippen LogP contribution in [0.15, 0.2) is 41.9 Å². The highest BCUT2D eigenvalue weighted by atomic mass is 32.1. The molecule has 3 aromatic rings. The SMILES string of the molecule is Cc1nc(-c2c[nH]c(C(=O)NCC(O)c3ccccc3F)c2)cs1. The molecule has 24 heavy (non-hydrogen) atoms. The van der Waals surface area contributed by atoms with Crippen LogP contribution in [0.4, 0.5) is 4.39 Å². The highest BCUT2D eigenvalue weighted by molar-refractivity contribution is 7.09. The third-order valence-corrected chi connectivity index (χ3v) is 4.34. The predicted molar refractivity (Wildman–Crippen MR) is 90.3 cm³/mol. The Morgan fingerprint density at radius 3 is 2.96 bits per heavy atom. The summed E-state index contributed by atoms with van der Waals surface area (Å²) in [6, 6.07) is 7.64. The number of aromatic nitrogens is 2. The molecule has 0 fully saturated rings. The molecule has 0 aliphatic heterocycles. The summed E-state index contributed by atoms with van der Waals surface area (Å²) in [5.74, 6) is -0.871. The fourth-order valence-electron chi connectivity index (χ4n) is 2.31. The molecule has 1 unspecified atom stereocenters. The second-order valence-electron chi connectivity index (χ2n) is 5.30. The summed E-state index contributed by atoms with van der Waals surface area (Å²) in [5.41, 5.74) is 2.14. The lowest BCUT2D eigenvalue weighted by molar-refractivity contribution is 0.0910. The van der Waals surface area contributed by atoms with Crippen molar-refractivity contribution in [3.63, 3.8) is 0 Å². The van der Waals surface area contributed by atoms with E-state index in [0.717, 1.165) is 16.3 Å². The molecule has 3 N–H and O–H groups in total. The van der Waals surface area contributed by atoms with Gasteiger partial charge in [-0.2, -0.15) is 0 Å². The van der Waals surface area contributed by atoms with Crippen LogP contribution in [0.5, 0.6) is 0 Å². The number of aromatic amines is 1. The van der Waals surface area contributed by atoms with Crippen molar-refractivity contribution in [2.45, 2.75) is 13.0 Å². The van der Waals surface area contributed by atoms with Crippen LogP contribution >= 0.6 is 11.3 Å². The lowest BCUT2D eigenvalue weighted by Gasteiger charge is -2.12. The Hall–Kier alpha value is -2.51. The number of amides is 1. The number of carbonyl (C=O) groups excluding carboxylic acids is 1. The minimum atomic E-state index is -1.11. The molecule has 0 saturated carbocycles. The van der Waals surface area contributed by atoms with Gasteiger partial charge in [-0.3, -0.25) is 4.79 Å². The van der Waals surface area contributed by atoms with Gasteiger partial charge in [-0.1, -0.05) is 18.2 Å². The number of thiazole rings is 1. The van der Waals surface area contributed by atoms with Gasteiger partial charge in [0.05, 0.1) is 16.8 Å². The van der Waals surface area contributed by atoms with Crippen LogP contribution < -0.4 is 5.32 Å². The van der Waals surface area contributed by atoms with Crippen molar-refractivity contribution in [1.82, 2.24) is 15.3 Å². The Balaban J connectivity index is 1.63. The standard InChI is InChI=1S/C17H16FN3O2S/c1-10-21-15(9-24-10)11-6-14(19-7-11)17(23)20-8-16(22)12-4-2-3-5-13(12)18/h2-7,9,16,19,22H,8H2,1H3,(H,20,23). The van der Waals surface area contributed by atoms with Crippen LogP contribution in [0.2, 0.25) is 0 Å². The molecule has 0 spiro atoms. The quantitative estimate of drug-likeness (QED) is 0.665. The van der Waals surface area contributed by atoms with Crippen molar-refractivity contribution in [2.24, 2.45) is 0 Å². The molecule has 0 bridgehead atoms. The zero-order chi connectivity index (χ0) is 17.1. The van der Waals surface area contributed by atoms with Gasteiger partial charge >= 0.3 is 0 Å². The third kappa shape index (κ3) is 3.52. The van der Waals surface area contributed by atoms with Gasteiger partial charge in [0.15, 0.2) is 0 Å². The van der Waals surface area contributed by atoms with Gasteiger partial charge in [0.2, 0.25) is 0 Å². The smallest absolute Gasteiger partial charge is 0.267 e. The van der Waals surface area contributed by atoms with E-state index in [1.165, 1.54) is 23.5 Å². The molecule has 2 heterocycles. The summed E-state index contributed by atoms with van der Waals surface area (Å²) < 4.78 is 13.6. The molecular formula is C17H16FN3O2S. The number of rotatable bonds is 5. The van der Waals surface area contributed by atoms with Gasteiger partial charge in [0.1, 0.15) is 11.5 Å². The molecule has 1 aromatic carbocycles. The number of carbonyl (C=O) groups is 1. The predicted octanol–water partition coefficient (Wildman–Crippen LogP) is 3.05. The maximum Gasteiger partial charge on any atom is 0.267 e. The summed E-state index contributed by atoms with van der Waals surface area (Å²) in [6.07, 6.45) is 0.599. The number of nitrogens with zero attached hydrogens (tertiary/aromatic N) is 1. The second kappa shape index (κ2) is 6.94. The first-order chi connectivity index (χ1) is 11.5. The first-order valence-corrected chi connectivity index (χ1v) is 8.24. The number of aliphatic hydroxyl groups is 1. The zero-order valence-electron chi connectivity index (χ0n) is 12.9. The fourth-order valence-corrected chi connectivity index (χ4v) is 2.93. The maximum absolute atomic E-state index is 13.6. The molecule has 1 amide bonds. The molecule has 0 radical (unpaired) electrons. The summed E-state index contributed by atoms with van der Waals surface area (Å²) in [6.45, 7) is 1.84. The monoisotopic (exact) mass is 345 g/mol. The molecule has 0 aliphatic rings. The molecule has 3 rings (SSSR count). The van der Waals surface area contributed by atoms with Crippen molar-refractivity contribution in [3.8, 4) is 11.3 Å². The van der Waals surface area contributed by atoms with E-state index in [1.54, 1.807) is 24.4 Å². The summed E-state index contributed by atoms with van der Waals surface area (Å²) in [5, 5.41) is 15.5. The van der Waals surface area contributed by atoms with Crippen LogP contribution in [-0.2, 0) is 0 Å². The Morgan fingerprint density at radius 2 is 2.25 bits per heavy atom. The molecule has 5 nitrogen and oxygen atoms in total. The van der Waals surface area contributed by atoms with Gasteiger partial charge in [-0.25, -0.2) is 9.37 Å². The van der Waals surface area contributed by atoms with Gasteiger partial charge in [-0.05, 0) is 19.1 Å². The first kappa shape index (κ1) is 16.4. The number of halogens is 1. The number of aryl methyl sites for hydroxylation is 1. The van der Waals surface area contributed by atoms with Crippen molar-refractivity contribution in [1.29, 1.82) is 0 Å². The lowest BCUT2D eigenvalue weighted by atomic mass is 10.1. The van der Waals surface area contributed by atoms with Gasteiger partial charge in [0, 0.05) is 29.2 Å². The fraction of sp³-hybridized carbons (Fsp3) is 0.176. The van der Waals surface area contributed by atoms with Crippen LogP contribution in [0.25, 0.3) is 11.3 Å². The minimum Gasteiger partial charge on any atom is -0.386 e. The molecule has 124 valence electrons. The van der Waals surface area contributed by atoms with E-state index in [4.69, 9.17) is 0 Å². The molecular weight excluding hydrogens is 329 g/mol. The highest BCUT2D eigenvalue weighted by Crippen LogP contribution is 2.22. The highest BCUT2D eigenvalue weighted by Gasteiger charge is 2.15. The van der Waals surface area contributed by atoms with Crippen LogP contribution in [0.3, 0.4) is 0 Å². The summed E-state index contributed by atoms with van der Waals surface area (Å²) >= 11 is 1.54. The van der Waals surface area contributed by atoms with Crippen molar-refractivity contribution in [3.05, 3.63) is 64.0 Å². The molecule has 7 heteroatoms. The van der Waals surface area contributed by atoms with E-state index in [-0.39, 0.29) is 18.0 Å². The first-order valence-electron chi connectivity index (χ1n) is 7.36. The largest absolute Gasteiger partial charge is 0.386 e. The van der Waals surface area contributed by atoms with Crippen molar-refractivity contribution in [2.75, 3.05) is 6.54 Å². The topological polar surface area (TPSA) is 78.0 Å². The third-order valence-electron chi connectivity index (χ3n) is 3.56. The van der Waals surface area contributed by atoms with E-state index in [2.05, 4.69) is 15.3 Å². The van der Waals surface area contributed by atoms with Crippen LogP contribution in [0, 0.1) is 12.7 Å². The number of hydrogen-bond acceptors (Lipinski definition) is 4. The normalized spacial score (nSPS) is 12.1. The minimum absolute atomic E-state index is 0.0794. The van der Waals surface area contributed by atoms with Gasteiger partial charge in [-0.15, -0.1) is 11.3 Å².